The molecular weight excluding hydrogens is 414 g/mol. The fourth-order valence-corrected chi connectivity index (χ4v) is 4.96. The van der Waals surface area contributed by atoms with E-state index >= 15 is 0 Å². The van der Waals surface area contributed by atoms with Gasteiger partial charge in [0.25, 0.3) is 5.91 Å². The molecule has 2 fully saturated rings. The molecule has 0 bridgehead atoms. The summed E-state index contributed by atoms with van der Waals surface area (Å²) in [5.41, 5.74) is 3.26. The molecule has 7 nitrogen and oxygen atoms in total. The Morgan fingerprint density at radius 2 is 1.64 bits per heavy atom. The quantitative estimate of drug-likeness (QED) is 0.580. The Morgan fingerprint density at radius 1 is 0.970 bits per heavy atom. The molecule has 33 heavy (non-hydrogen) atoms. The highest BCUT2D eigenvalue weighted by Crippen LogP contribution is 2.34. The number of imide groups is 1. The summed E-state index contributed by atoms with van der Waals surface area (Å²) in [5, 5.41) is 7.86. The van der Waals surface area contributed by atoms with Gasteiger partial charge in [-0.3, -0.25) is 9.69 Å². The lowest BCUT2D eigenvalue weighted by atomic mass is 9.82. The minimum absolute atomic E-state index is 0.0812. The van der Waals surface area contributed by atoms with Crippen LogP contribution >= 0.6 is 0 Å². The molecule has 0 atom stereocenters. The molecule has 1 saturated heterocycles. The second-order valence-corrected chi connectivity index (χ2v) is 9.11. The van der Waals surface area contributed by atoms with Crippen molar-refractivity contribution in [1.82, 2.24) is 24.9 Å². The van der Waals surface area contributed by atoms with Crippen molar-refractivity contribution in [2.75, 3.05) is 13.7 Å². The van der Waals surface area contributed by atoms with Gasteiger partial charge >= 0.3 is 6.03 Å². The zero-order valence-electron chi connectivity index (χ0n) is 18.9. The van der Waals surface area contributed by atoms with Crippen LogP contribution in [0.15, 0.2) is 66.9 Å². The Bertz CT molecular complexity index is 1140. The second kappa shape index (κ2) is 8.83. The van der Waals surface area contributed by atoms with E-state index in [1.54, 1.807) is 0 Å². The molecule has 0 unspecified atom stereocenters. The number of para-hydroxylation sites is 1. The van der Waals surface area contributed by atoms with E-state index in [1.807, 2.05) is 83.5 Å². The molecule has 170 valence electrons. The molecule has 1 N–H and O–H groups in total. The number of nitrogens with one attached hydrogen (secondary N) is 1. The Labute approximate surface area is 194 Å². The van der Waals surface area contributed by atoms with Crippen LogP contribution in [0.1, 0.15) is 37.7 Å². The van der Waals surface area contributed by atoms with E-state index < -0.39 is 5.54 Å². The topological polar surface area (TPSA) is 70.5 Å². The van der Waals surface area contributed by atoms with Gasteiger partial charge < -0.3 is 5.32 Å². The highest BCUT2D eigenvalue weighted by atomic mass is 16.2. The van der Waals surface area contributed by atoms with Gasteiger partial charge in [-0.2, -0.15) is 5.10 Å². The molecular formula is C26H29N5O2. The largest absolute Gasteiger partial charge is 0.326 e. The normalized spacial score (nSPS) is 17.7. The van der Waals surface area contributed by atoms with Crippen LogP contribution in [-0.2, 0) is 11.3 Å². The van der Waals surface area contributed by atoms with Gasteiger partial charge in [0.05, 0.1) is 18.1 Å². The Balaban J connectivity index is 1.38. The number of nitrogens with zero attached hydrogens (tertiary/aromatic N) is 4. The number of rotatable bonds is 6. The summed E-state index contributed by atoms with van der Waals surface area (Å²) in [6, 6.07) is 19.8. The fourth-order valence-electron chi connectivity index (χ4n) is 4.96. The van der Waals surface area contributed by atoms with Crippen molar-refractivity contribution >= 4 is 11.9 Å². The molecule has 1 saturated carbocycles. The average molecular weight is 444 g/mol. The minimum atomic E-state index is -0.691. The highest BCUT2D eigenvalue weighted by Gasteiger charge is 2.51. The van der Waals surface area contributed by atoms with Crippen molar-refractivity contribution in [3.63, 3.8) is 0 Å². The average Bonchev–Trinajstić information content (AvgIpc) is 3.35. The third-order valence-electron chi connectivity index (χ3n) is 6.63. The van der Waals surface area contributed by atoms with Crippen LogP contribution in [0.2, 0.25) is 0 Å². The highest BCUT2D eigenvalue weighted by molar-refractivity contribution is 6.07. The monoisotopic (exact) mass is 443 g/mol. The van der Waals surface area contributed by atoms with Crippen molar-refractivity contribution in [2.24, 2.45) is 0 Å². The zero-order chi connectivity index (χ0) is 22.8. The van der Waals surface area contributed by atoms with Crippen molar-refractivity contribution in [3.05, 3.63) is 72.4 Å². The van der Waals surface area contributed by atoms with Crippen molar-refractivity contribution in [1.29, 1.82) is 0 Å². The number of amides is 3. The predicted molar refractivity (Wildman–Crippen MR) is 127 cm³/mol. The third-order valence-corrected chi connectivity index (χ3v) is 6.63. The van der Waals surface area contributed by atoms with Gasteiger partial charge in [0.15, 0.2) is 0 Å². The molecule has 7 heteroatoms. The van der Waals surface area contributed by atoms with Crippen LogP contribution in [0.3, 0.4) is 0 Å². The smallest absolute Gasteiger partial charge is 0.323 e. The van der Waals surface area contributed by atoms with E-state index in [0.717, 1.165) is 54.6 Å². The van der Waals surface area contributed by atoms with E-state index in [-0.39, 0.29) is 18.6 Å². The number of aromatic nitrogens is 2. The molecule has 2 aliphatic rings. The molecule has 1 aliphatic heterocycles. The first-order valence-corrected chi connectivity index (χ1v) is 11.6. The van der Waals surface area contributed by atoms with Gasteiger partial charge in [0.1, 0.15) is 5.54 Å². The molecule has 1 aliphatic carbocycles. The predicted octanol–water partition coefficient (Wildman–Crippen LogP) is 4.18. The third kappa shape index (κ3) is 4.16. The maximum atomic E-state index is 13.2. The van der Waals surface area contributed by atoms with Crippen LogP contribution in [0, 0.1) is 0 Å². The van der Waals surface area contributed by atoms with Crippen LogP contribution < -0.4 is 5.32 Å². The number of hydrogen-bond donors (Lipinski definition) is 1. The van der Waals surface area contributed by atoms with E-state index in [9.17, 15) is 9.59 Å². The maximum Gasteiger partial charge on any atom is 0.326 e. The summed E-state index contributed by atoms with van der Waals surface area (Å²) >= 11 is 0. The van der Waals surface area contributed by atoms with Gasteiger partial charge in [-0.25, -0.2) is 14.4 Å². The summed E-state index contributed by atoms with van der Waals surface area (Å²) in [7, 11) is 1.93. The van der Waals surface area contributed by atoms with Crippen molar-refractivity contribution in [2.45, 2.75) is 44.2 Å². The minimum Gasteiger partial charge on any atom is -0.323 e. The SMILES string of the molecule is CN(Cc1cn(-c2ccccc2)nc1-c1ccccc1)CN1C(=O)NC2(CCCCC2)C1=O. The summed E-state index contributed by atoms with van der Waals surface area (Å²) in [6.45, 7) is 0.804. The van der Waals surface area contributed by atoms with E-state index in [4.69, 9.17) is 5.10 Å². The molecule has 1 spiro atoms. The summed E-state index contributed by atoms with van der Waals surface area (Å²) < 4.78 is 1.89. The van der Waals surface area contributed by atoms with E-state index in [0.29, 0.717) is 6.54 Å². The molecule has 3 amide bonds. The van der Waals surface area contributed by atoms with Gasteiger partial charge in [-0.05, 0) is 32.0 Å². The molecule has 5 rings (SSSR count). The standard InChI is InChI=1S/C26H29N5O2/c1-29(19-30-24(32)26(27-25(30)33)15-9-4-10-16-26)17-21-18-31(22-13-7-3-8-14-22)28-23(21)20-11-5-2-6-12-20/h2-3,5-8,11-14,18H,4,9-10,15-17,19H2,1H3,(H,27,33). The Hall–Kier alpha value is -3.45. The number of carbonyl (C=O) groups is 2. The summed E-state index contributed by atoms with van der Waals surface area (Å²) in [6.07, 6.45) is 6.59. The van der Waals surface area contributed by atoms with Crippen LogP contribution in [0.5, 0.6) is 0 Å². The van der Waals surface area contributed by atoms with Gasteiger partial charge in [-0.1, -0.05) is 67.8 Å². The van der Waals surface area contributed by atoms with Gasteiger partial charge in [-0.15, -0.1) is 0 Å². The fraction of sp³-hybridized carbons (Fsp3) is 0.346. The first-order valence-electron chi connectivity index (χ1n) is 11.6. The van der Waals surface area contributed by atoms with Gasteiger partial charge in [0, 0.05) is 23.9 Å². The number of urea groups is 1. The lowest BCUT2D eigenvalue weighted by molar-refractivity contribution is -0.133. The Morgan fingerprint density at radius 3 is 2.33 bits per heavy atom. The summed E-state index contributed by atoms with van der Waals surface area (Å²) in [5.74, 6) is -0.0812. The van der Waals surface area contributed by atoms with Crippen LogP contribution in [0.4, 0.5) is 4.79 Å². The number of benzene rings is 2. The zero-order valence-corrected chi connectivity index (χ0v) is 18.9. The molecule has 2 heterocycles. The van der Waals surface area contributed by atoms with E-state index in [2.05, 4.69) is 5.32 Å². The number of hydrogen-bond acceptors (Lipinski definition) is 4. The number of carbonyl (C=O) groups excluding carboxylic acids is 2. The Kier molecular flexibility index (Phi) is 5.72. The lowest BCUT2D eigenvalue weighted by Gasteiger charge is -2.31. The first kappa shape index (κ1) is 21.4. The van der Waals surface area contributed by atoms with Gasteiger partial charge in [0.2, 0.25) is 0 Å². The van der Waals surface area contributed by atoms with Crippen LogP contribution in [0.25, 0.3) is 16.9 Å². The first-order chi connectivity index (χ1) is 16.1. The van der Waals surface area contributed by atoms with Crippen molar-refractivity contribution < 1.29 is 9.59 Å². The van der Waals surface area contributed by atoms with Crippen molar-refractivity contribution in [3.8, 4) is 16.9 Å². The molecule has 0 radical (unpaired) electrons. The second-order valence-electron chi connectivity index (χ2n) is 9.11. The van der Waals surface area contributed by atoms with E-state index in [1.165, 1.54) is 4.90 Å². The maximum absolute atomic E-state index is 13.2. The van der Waals surface area contributed by atoms with Crippen LogP contribution in [-0.4, -0.2) is 50.8 Å². The molecule has 3 aromatic rings. The molecule has 1 aromatic heterocycles. The molecule has 2 aromatic carbocycles. The lowest BCUT2D eigenvalue weighted by Crippen LogP contribution is -2.48. The summed E-state index contributed by atoms with van der Waals surface area (Å²) in [4.78, 5) is 29.2.